The lowest BCUT2D eigenvalue weighted by Gasteiger charge is -2.39. The Morgan fingerprint density at radius 2 is 2.32 bits per heavy atom. The summed E-state index contributed by atoms with van der Waals surface area (Å²) < 4.78 is 11.2. The van der Waals surface area contributed by atoms with Gasteiger partial charge in [0, 0.05) is 44.8 Å². The standard InChI is InChI=1S/C15H30N2O2/c1-13(2)16-10-15(6-8-19-12-15)11-17-7-4-5-14(9-17)18-3/h13-14,16H,4-12H2,1-3H3. The zero-order valence-corrected chi connectivity index (χ0v) is 12.8. The van der Waals surface area contributed by atoms with Gasteiger partial charge in [-0.3, -0.25) is 0 Å². The zero-order chi connectivity index (χ0) is 13.7. The molecular weight excluding hydrogens is 240 g/mol. The van der Waals surface area contributed by atoms with E-state index in [1.165, 1.54) is 25.8 Å². The largest absolute Gasteiger partial charge is 0.381 e. The second kappa shape index (κ2) is 7.02. The average Bonchev–Trinajstić information content (AvgIpc) is 2.86. The van der Waals surface area contributed by atoms with Crippen LogP contribution >= 0.6 is 0 Å². The second-order valence-corrected chi connectivity index (χ2v) is 6.57. The lowest BCUT2D eigenvalue weighted by atomic mass is 9.85. The molecule has 4 heteroatoms. The fourth-order valence-electron chi connectivity index (χ4n) is 3.21. The van der Waals surface area contributed by atoms with Crippen molar-refractivity contribution in [3.63, 3.8) is 0 Å². The van der Waals surface area contributed by atoms with Gasteiger partial charge in [0.1, 0.15) is 0 Å². The van der Waals surface area contributed by atoms with Crippen molar-refractivity contribution in [3.8, 4) is 0 Å². The fraction of sp³-hybridized carbons (Fsp3) is 1.00. The molecule has 0 amide bonds. The Hall–Kier alpha value is -0.160. The molecule has 2 unspecified atom stereocenters. The second-order valence-electron chi connectivity index (χ2n) is 6.57. The molecule has 0 aromatic heterocycles. The summed E-state index contributed by atoms with van der Waals surface area (Å²) in [5, 5.41) is 3.61. The first kappa shape index (κ1) is 15.2. The molecule has 0 aliphatic carbocycles. The van der Waals surface area contributed by atoms with Gasteiger partial charge in [0.15, 0.2) is 0 Å². The van der Waals surface area contributed by atoms with Gasteiger partial charge >= 0.3 is 0 Å². The van der Waals surface area contributed by atoms with Crippen LogP contribution < -0.4 is 5.32 Å². The number of hydrogen-bond acceptors (Lipinski definition) is 4. The Labute approximate surface area is 117 Å². The van der Waals surface area contributed by atoms with Crippen LogP contribution in [-0.4, -0.2) is 63.5 Å². The molecule has 0 radical (unpaired) electrons. The summed E-state index contributed by atoms with van der Waals surface area (Å²) in [7, 11) is 1.84. The van der Waals surface area contributed by atoms with Crippen molar-refractivity contribution in [1.29, 1.82) is 0 Å². The summed E-state index contributed by atoms with van der Waals surface area (Å²) in [5.41, 5.74) is 0.305. The molecule has 2 rings (SSSR count). The van der Waals surface area contributed by atoms with Gasteiger partial charge in [0.05, 0.1) is 12.7 Å². The summed E-state index contributed by atoms with van der Waals surface area (Å²) in [6.45, 7) is 10.8. The van der Waals surface area contributed by atoms with E-state index in [0.29, 0.717) is 17.6 Å². The lowest BCUT2D eigenvalue weighted by molar-refractivity contribution is 0.0113. The van der Waals surface area contributed by atoms with E-state index < -0.39 is 0 Å². The Kier molecular flexibility index (Phi) is 5.63. The highest BCUT2D eigenvalue weighted by molar-refractivity contribution is 4.90. The average molecular weight is 270 g/mol. The molecule has 2 saturated heterocycles. The summed E-state index contributed by atoms with van der Waals surface area (Å²) in [4.78, 5) is 2.58. The van der Waals surface area contributed by atoms with Gasteiger partial charge in [-0.25, -0.2) is 0 Å². The van der Waals surface area contributed by atoms with Crippen LogP contribution in [0.25, 0.3) is 0 Å². The molecule has 112 valence electrons. The number of methoxy groups -OCH3 is 1. The van der Waals surface area contributed by atoms with E-state index in [4.69, 9.17) is 9.47 Å². The van der Waals surface area contributed by atoms with Crippen LogP contribution in [0.15, 0.2) is 0 Å². The topological polar surface area (TPSA) is 33.7 Å². The highest BCUT2D eigenvalue weighted by Gasteiger charge is 2.37. The third-order valence-corrected chi connectivity index (χ3v) is 4.42. The highest BCUT2D eigenvalue weighted by atomic mass is 16.5. The number of nitrogens with zero attached hydrogens (tertiary/aromatic N) is 1. The third-order valence-electron chi connectivity index (χ3n) is 4.42. The molecular formula is C15H30N2O2. The van der Waals surface area contributed by atoms with Crippen molar-refractivity contribution in [3.05, 3.63) is 0 Å². The van der Waals surface area contributed by atoms with Crippen molar-refractivity contribution >= 4 is 0 Å². The molecule has 19 heavy (non-hydrogen) atoms. The molecule has 2 atom stereocenters. The number of rotatable bonds is 6. The molecule has 2 aliphatic heterocycles. The molecule has 2 heterocycles. The number of piperidine rings is 1. The van der Waals surface area contributed by atoms with Gasteiger partial charge in [-0.15, -0.1) is 0 Å². The molecule has 4 nitrogen and oxygen atoms in total. The molecule has 0 aromatic rings. The SMILES string of the molecule is COC1CCCN(CC2(CNC(C)C)CCOC2)C1. The van der Waals surface area contributed by atoms with Crippen molar-refractivity contribution in [2.45, 2.75) is 45.3 Å². The number of hydrogen-bond donors (Lipinski definition) is 1. The molecule has 0 bridgehead atoms. The first-order valence-corrected chi connectivity index (χ1v) is 7.70. The molecule has 2 fully saturated rings. The smallest absolute Gasteiger partial charge is 0.0698 e. The maximum Gasteiger partial charge on any atom is 0.0698 e. The third kappa shape index (κ3) is 4.42. The maximum atomic E-state index is 5.69. The highest BCUT2D eigenvalue weighted by Crippen LogP contribution is 2.30. The van der Waals surface area contributed by atoms with Crippen LogP contribution in [0.3, 0.4) is 0 Å². The van der Waals surface area contributed by atoms with E-state index in [9.17, 15) is 0 Å². The first-order valence-electron chi connectivity index (χ1n) is 7.70. The van der Waals surface area contributed by atoms with Gasteiger partial charge < -0.3 is 19.7 Å². The van der Waals surface area contributed by atoms with E-state index in [1.807, 2.05) is 7.11 Å². The van der Waals surface area contributed by atoms with Crippen LogP contribution in [0.1, 0.15) is 33.1 Å². The van der Waals surface area contributed by atoms with Gasteiger partial charge in [-0.05, 0) is 25.8 Å². The summed E-state index contributed by atoms with van der Waals surface area (Å²) in [5.74, 6) is 0. The first-order chi connectivity index (χ1) is 9.13. The zero-order valence-electron chi connectivity index (χ0n) is 12.8. The van der Waals surface area contributed by atoms with Crippen LogP contribution in [0.5, 0.6) is 0 Å². The summed E-state index contributed by atoms with van der Waals surface area (Å²) >= 11 is 0. The van der Waals surface area contributed by atoms with Gasteiger partial charge in [0.2, 0.25) is 0 Å². The Bertz CT molecular complexity index is 265. The van der Waals surface area contributed by atoms with Crippen LogP contribution in [-0.2, 0) is 9.47 Å². The molecule has 0 saturated carbocycles. The minimum atomic E-state index is 0.305. The van der Waals surface area contributed by atoms with Crippen molar-refractivity contribution in [2.75, 3.05) is 46.5 Å². The predicted octanol–water partition coefficient (Wildman–Crippen LogP) is 1.50. The molecule has 1 N–H and O–H groups in total. The monoisotopic (exact) mass is 270 g/mol. The molecule has 0 aromatic carbocycles. The predicted molar refractivity (Wildman–Crippen MR) is 77.5 cm³/mol. The number of likely N-dealkylation sites (tertiary alicyclic amines) is 1. The summed E-state index contributed by atoms with van der Waals surface area (Å²) in [6.07, 6.45) is 4.07. The van der Waals surface area contributed by atoms with Crippen LogP contribution in [0.4, 0.5) is 0 Å². The fourth-order valence-corrected chi connectivity index (χ4v) is 3.21. The molecule has 2 aliphatic rings. The van der Waals surface area contributed by atoms with E-state index in [0.717, 1.165) is 32.8 Å². The minimum Gasteiger partial charge on any atom is -0.381 e. The van der Waals surface area contributed by atoms with E-state index in [-0.39, 0.29) is 0 Å². The van der Waals surface area contributed by atoms with E-state index >= 15 is 0 Å². The van der Waals surface area contributed by atoms with Crippen molar-refractivity contribution < 1.29 is 9.47 Å². The van der Waals surface area contributed by atoms with Gasteiger partial charge in [0.25, 0.3) is 0 Å². The normalized spacial score (nSPS) is 33.2. The van der Waals surface area contributed by atoms with Gasteiger partial charge in [-0.2, -0.15) is 0 Å². The van der Waals surface area contributed by atoms with Crippen molar-refractivity contribution in [1.82, 2.24) is 10.2 Å². The van der Waals surface area contributed by atoms with Crippen LogP contribution in [0.2, 0.25) is 0 Å². The Morgan fingerprint density at radius 1 is 1.47 bits per heavy atom. The lowest BCUT2D eigenvalue weighted by Crippen LogP contribution is -2.49. The Morgan fingerprint density at radius 3 is 2.95 bits per heavy atom. The van der Waals surface area contributed by atoms with E-state index in [1.54, 1.807) is 0 Å². The quantitative estimate of drug-likeness (QED) is 0.793. The maximum absolute atomic E-state index is 5.69. The van der Waals surface area contributed by atoms with E-state index in [2.05, 4.69) is 24.1 Å². The summed E-state index contributed by atoms with van der Waals surface area (Å²) in [6, 6.07) is 0.547. The van der Waals surface area contributed by atoms with Gasteiger partial charge in [-0.1, -0.05) is 13.8 Å². The van der Waals surface area contributed by atoms with Crippen molar-refractivity contribution in [2.24, 2.45) is 5.41 Å². The van der Waals surface area contributed by atoms with Crippen LogP contribution in [0, 0.1) is 5.41 Å². The number of nitrogens with one attached hydrogen (secondary N) is 1. The Balaban J connectivity index is 1.88. The number of ether oxygens (including phenoxy) is 2. The molecule has 0 spiro atoms. The minimum absolute atomic E-state index is 0.305.